The first kappa shape index (κ1) is 27.6. The van der Waals surface area contributed by atoms with Gasteiger partial charge < -0.3 is 4.74 Å². The van der Waals surface area contributed by atoms with Crippen LogP contribution in [0.1, 0.15) is 56.3 Å². The molecule has 8 rings (SSSR count). The van der Waals surface area contributed by atoms with E-state index in [4.69, 9.17) is 27.9 Å². The summed E-state index contributed by atoms with van der Waals surface area (Å²) in [7, 11) is 0. The number of carbonyl (C=O) groups is 4. The maximum absolute atomic E-state index is 14.3. The Morgan fingerprint density at radius 3 is 1.67 bits per heavy atom. The van der Waals surface area contributed by atoms with Crippen molar-refractivity contribution in [3.05, 3.63) is 137 Å². The van der Waals surface area contributed by atoms with Crippen LogP contribution in [0.3, 0.4) is 0 Å². The van der Waals surface area contributed by atoms with Gasteiger partial charge in [0.15, 0.2) is 6.10 Å². The van der Waals surface area contributed by atoms with Gasteiger partial charge in [-0.3, -0.25) is 14.4 Å². The van der Waals surface area contributed by atoms with E-state index in [-0.39, 0.29) is 23.5 Å². The quantitative estimate of drug-likeness (QED) is 0.106. The molecule has 1 aliphatic heterocycles. The highest BCUT2D eigenvalue weighted by Gasteiger charge is 2.73. The van der Waals surface area contributed by atoms with E-state index in [0.29, 0.717) is 27.8 Å². The minimum absolute atomic E-state index is 0.100. The summed E-state index contributed by atoms with van der Waals surface area (Å²) in [5.41, 5.74) is 3.58. The Morgan fingerprint density at radius 2 is 1.19 bits per heavy atom. The van der Waals surface area contributed by atoms with Crippen LogP contribution < -0.4 is 4.90 Å². The second-order valence-corrected chi connectivity index (χ2v) is 12.3. The number of nitrogens with zero attached hydrogens (tertiary/aromatic N) is 1. The minimum atomic E-state index is -1.31. The first-order valence-electron chi connectivity index (χ1n) is 14.1. The van der Waals surface area contributed by atoms with E-state index in [1.807, 2.05) is 48.5 Å². The lowest BCUT2D eigenvalue weighted by molar-refractivity contribution is -0.122. The molecule has 6 nitrogen and oxygen atoms in total. The number of carbonyl (C=O) groups excluding carboxylic acids is 4. The van der Waals surface area contributed by atoms with E-state index in [9.17, 15) is 19.2 Å². The molecule has 2 bridgehead atoms. The Morgan fingerprint density at radius 1 is 0.721 bits per heavy atom. The number of alkyl halides is 2. The van der Waals surface area contributed by atoms with Crippen molar-refractivity contribution in [1.29, 1.82) is 0 Å². The predicted molar refractivity (Wildman–Crippen MR) is 162 cm³/mol. The molecule has 3 aliphatic carbocycles. The molecule has 4 aromatic rings. The van der Waals surface area contributed by atoms with Crippen molar-refractivity contribution in [3.8, 4) is 0 Å². The van der Waals surface area contributed by atoms with Gasteiger partial charge in [-0.1, -0.05) is 91.9 Å². The molecule has 0 saturated carbocycles. The van der Waals surface area contributed by atoms with Crippen LogP contribution in [0.15, 0.2) is 103 Å². The first-order valence-corrected chi connectivity index (χ1v) is 14.8. The van der Waals surface area contributed by atoms with Crippen molar-refractivity contribution < 1.29 is 23.9 Å². The first-order chi connectivity index (χ1) is 20.7. The number of imide groups is 1. The van der Waals surface area contributed by atoms with Gasteiger partial charge in [0.1, 0.15) is 9.75 Å². The lowest BCUT2D eigenvalue weighted by atomic mass is 9.54. The molecule has 0 aromatic heterocycles. The predicted octanol–water partition coefficient (Wildman–Crippen LogP) is 6.60. The summed E-state index contributed by atoms with van der Waals surface area (Å²) in [4.78, 5) is 53.2. The van der Waals surface area contributed by atoms with E-state index < -0.39 is 45.5 Å². The zero-order valence-corrected chi connectivity index (χ0v) is 24.5. The number of amides is 2. The zero-order chi connectivity index (χ0) is 30.1. The van der Waals surface area contributed by atoms with Gasteiger partial charge in [0.2, 0.25) is 17.6 Å². The van der Waals surface area contributed by atoms with Gasteiger partial charge in [0.05, 0.1) is 23.1 Å². The van der Waals surface area contributed by atoms with Crippen LogP contribution >= 0.6 is 23.2 Å². The highest BCUT2D eigenvalue weighted by Crippen LogP contribution is 2.69. The maximum atomic E-state index is 14.3. The van der Waals surface area contributed by atoms with Crippen LogP contribution in [-0.2, 0) is 24.1 Å². The van der Waals surface area contributed by atoms with E-state index in [0.717, 1.165) is 4.90 Å². The molecule has 8 heteroatoms. The summed E-state index contributed by atoms with van der Waals surface area (Å²) in [6, 6.07) is 29.6. The molecule has 4 aromatic carbocycles. The summed E-state index contributed by atoms with van der Waals surface area (Å²) in [5.74, 6) is -3.96. The average Bonchev–Trinajstić information content (AvgIpc) is 3.33. The summed E-state index contributed by atoms with van der Waals surface area (Å²) in [5, 5.41) is 0. The van der Waals surface area contributed by atoms with Crippen molar-refractivity contribution in [2.24, 2.45) is 11.8 Å². The molecule has 3 atom stereocenters. The van der Waals surface area contributed by atoms with Gasteiger partial charge in [-0.15, -0.1) is 23.2 Å². The molecule has 0 radical (unpaired) electrons. The Balaban J connectivity index is 1.25. The maximum Gasteiger partial charge on any atom is 0.338 e. The largest absolute Gasteiger partial charge is 0.450 e. The molecule has 1 heterocycles. The number of ether oxygens (including phenoxy) is 1. The Bertz CT molecular complexity index is 1720. The normalized spacial score (nSPS) is 25.5. The molecule has 43 heavy (non-hydrogen) atoms. The van der Waals surface area contributed by atoms with Crippen molar-refractivity contribution >= 4 is 52.5 Å². The van der Waals surface area contributed by atoms with Gasteiger partial charge >= 0.3 is 5.97 Å². The third kappa shape index (κ3) is 3.73. The van der Waals surface area contributed by atoms with Crippen molar-refractivity contribution in [3.63, 3.8) is 0 Å². The minimum Gasteiger partial charge on any atom is -0.450 e. The molecular formula is C35H25Cl2NO5. The number of hydrogen-bond acceptors (Lipinski definition) is 5. The Hall–Kier alpha value is -4.26. The lowest BCUT2D eigenvalue weighted by Crippen LogP contribution is -2.57. The van der Waals surface area contributed by atoms with Crippen LogP contribution in [0.25, 0.3) is 0 Å². The van der Waals surface area contributed by atoms with Gasteiger partial charge in [-0.2, -0.15) is 0 Å². The fourth-order valence-electron chi connectivity index (χ4n) is 7.00. The summed E-state index contributed by atoms with van der Waals surface area (Å²) < 4.78 is 5.61. The number of esters is 1. The van der Waals surface area contributed by atoms with Gasteiger partial charge in [-0.25, -0.2) is 9.69 Å². The average molecular weight is 610 g/mol. The van der Waals surface area contributed by atoms with Crippen LogP contribution in [0.4, 0.5) is 5.69 Å². The number of rotatable bonds is 6. The molecule has 0 spiro atoms. The van der Waals surface area contributed by atoms with Crippen molar-refractivity contribution in [2.45, 2.75) is 29.2 Å². The number of hydrogen-bond donors (Lipinski definition) is 0. The molecule has 2 amide bonds. The molecule has 1 fully saturated rings. The molecular weight excluding hydrogens is 585 g/mol. The van der Waals surface area contributed by atoms with Gasteiger partial charge in [-0.05, 0) is 46.9 Å². The molecule has 1 saturated heterocycles. The Kier molecular flexibility index (Phi) is 6.35. The number of anilines is 1. The zero-order valence-electron chi connectivity index (χ0n) is 23.0. The van der Waals surface area contributed by atoms with Gasteiger partial charge in [0.25, 0.3) is 0 Å². The lowest BCUT2D eigenvalue weighted by Gasteiger charge is -2.54. The summed E-state index contributed by atoms with van der Waals surface area (Å²) >= 11 is 15.0. The van der Waals surface area contributed by atoms with Gasteiger partial charge in [0, 0.05) is 5.56 Å². The number of benzene rings is 4. The van der Waals surface area contributed by atoms with Crippen LogP contribution in [0.2, 0.25) is 0 Å². The number of ketones is 1. The standard InChI is InChI=1S/C35H25Cl2NO5/c1-2-27(30(39)20-11-4-3-5-12-20)43-33(42)21-13-10-14-22(19-21)38-31(40)28-29(32(38)41)35(37)24-16-7-6-15-23(24)34(28,36)25-17-8-9-18-26(25)35/h3-19,27-29H,2H2,1H3/t27-,28+,29+,34?,35?/m0/s1. The SMILES string of the molecule is CC[C@H](OC(=O)c1cccc(N2C(=O)[C@H]3[C@H](C2=O)C2(Cl)c4ccccc4C3(Cl)c3ccccc32)c1)C(=O)c1ccccc1. The van der Waals surface area contributed by atoms with Crippen molar-refractivity contribution in [2.75, 3.05) is 4.90 Å². The number of halogens is 2. The molecule has 0 unspecified atom stereocenters. The smallest absolute Gasteiger partial charge is 0.338 e. The van der Waals surface area contributed by atoms with Crippen molar-refractivity contribution in [1.82, 2.24) is 0 Å². The van der Waals surface area contributed by atoms with Crippen LogP contribution in [-0.4, -0.2) is 29.7 Å². The fraction of sp³-hybridized carbons (Fsp3) is 0.200. The third-order valence-electron chi connectivity index (χ3n) is 8.90. The van der Waals surface area contributed by atoms with Crippen LogP contribution in [0.5, 0.6) is 0 Å². The van der Waals surface area contributed by atoms with E-state index in [1.54, 1.807) is 49.4 Å². The number of Topliss-reactive ketones (excluding diaryl/α,β-unsaturated/α-hetero) is 1. The van der Waals surface area contributed by atoms with E-state index in [2.05, 4.69) is 0 Å². The molecule has 0 N–H and O–H groups in total. The Labute approximate surface area is 258 Å². The van der Waals surface area contributed by atoms with Crippen LogP contribution in [0, 0.1) is 11.8 Å². The summed E-state index contributed by atoms with van der Waals surface area (Å²) in [6.07, 6.45) is -0.709. The third-order valence-corrected chi connectivity index (χ3v) is 10.2. The second kappa shape index (κ2) is 9.90. The highest BCUT2D eigenvalue weighted by atomic mass is 35.5. The summed E-state index contributed by atoms with van der Waals surface area (Å²) in [6.45, 7) is 1.76. The molecule has 4 aliphatic rings. The fourth-order valence-corrected chi connectivity index (χ4v) is 8.10. The second-order valence-electron chi connectivity index (χ2n) is 11.1. The topological polar surface area (TPSA) is 80.8 Å². The highest BCUT2D eigenvalue weighted by molar-refractivity contribution is 6.38. The van der Waals surface area contributed by atoms with E-state index in [1.165, 1.54) is 12.1 Å². The molecule has 214 valence electrons. The monoisotopic (exact) mass is 609 g/mol. The van der Waals surface area contributed by atoms with E-state index >= 15 is 0 Å².